The summed E-state index contributed by atoms with van der Waals surface area (Å²) in [6.07, 6.45) is 1.58. The number of carbonyl (C=O) groups excluding carboxylic acids is 1. The summed E-state index contributed by atoms with van der Waals surface area (Å²) in [6.45, 7) is 0. The van der Waals surface area contributed by atoms with Crippen LogP contribution in [0.4, 0.5) is 11.5 Å². The van der Waals surface area contributed by atoms with Crippen molar-refractivity contribution in [3.63, 3.8) is 0 Å². The van der Waals surface area contributed by atoms with Crippen LogP contribution in [0.15, 0.2) is 76.3 Å². The number of pyridine rings is 1. The lowest BCUT2D eigenvalue weighted by molar-refractivity contribution is 0.102. The molecule has 0 unspecified atom stereocenters. The van der Waals surface area contributed by atoms with E-state index in [0.29, 0.717) is 34.0 Å². The molecule has 0 radical (unpaired) electrons. The fraction of sp³-hybridized carbons (Fsp3) is 0.0870. The van der Waals surface area contributed by atoms with Gasteiger partial charge >= 0.3 is 0 Å². The molecule has 0 saturated carbocycles. The summed E-state index contributed by atoms with van der Waals surface area (Å²) in [5, 5.41) is 13.2. The van der Waals surface area contributed by atoms with Gasteiger partial charge in [0.1, 0.15) is 39.9 Å². The number of carbonyl (C=O) groups is 1. The highest BCUT2D eigenvalue weighted by atomic mass is 16.5. The molecule has 0 aliphatic rings. The highest BCUT2D eigenvalue weighted by molar-refractivity contribution is 6.05. The monoisotopic (exact) mass is 417 g/mol. The molecule has 0 spiro atoms. The van der Waals surface area contributed by atoms with Crippen LogP contribution in [0.5, 0.6) is 17.2 Å². The largest absolute Gasteiger partial charge is 0.508 e. The number of ether oxygens (including phenoxy) is 2. The molecule has 2 heterocycles. The molecule has 4 rings (SSSR count). The van der Waals surface area contributed by atoms with Crippen LogP contribution < -0.4 is 20.3 Å². The minimum Gasteiger partial charge on any atom is -0.508 e. The summed E-state index contributed by atoms with van der Waals surface area (Å²) in [7, 11) is 3.06. The fourth-order valence-corrected chi connectivity index (χ4v) is 2.97. The molecule has 31 heavy (non-hydrogen) atoms. The van der Waals surface area contributed by atoms with Crippen LogP contribution in [0, 0.1) is 0 Å². The first-order chi connectivity index (χ1) is 15.1. The summed E-state index contributed by atoms with van der Waals surface area (Å²) in [6, 6.07) is 16.6. The van der Waals surface area contributed by atoms with Crippen LogP contribution in [0.3, 0.4) is 0 Å². The maximum Gasteiger partial charge on any atom is 0.262 e. The Morgan fingerprint density at radius 1 is 1.06 bits per heavy atom. The summed E-state index contributed by atoms with van der Waals surface area (Å²) in [5.41, 5.74) is 1.01. The number of methoxy groups -OCH3 is 2. The number of nitrogens with one attached hydrogen (secondary N) is 1. The normalized spacial score (nSPS) is 11.4. The van der Waals surface area contributed by atoms with Crippen molar-refractivity contribution in [1.29, 1.82) is 0 Å². The van der Waals surface area contributed by atoms with E-state index in [-0.39, 0.29) is 16.9 Å². The molecule has 8 nitrogen and oxygen atoms in total. The van der Waals surface area contributed by atoms with Crippen LogP contribution in [0.25, 0.3) is 11.0 Å². The van der Waals surface area contributed by atoms with Gasteiger partial charge in [0.25, 0.3) is 5.91 Å². The summed E-state index contributed by atoms with van der Waals surface area (Å²) in [4.78, 5) is 21.7. The number of benzene rings is 2. The minimum absolute atomic E-state index is 0.0341. The number of aromatic hydroxyl groups is 1. The third kappa shape index (κ3) is 4.32. The number of fused-ring (bicyclic) bond motifs is 1. The topological polar surface area (TPSA) is 106 Å². The van der Waals surface area contributed by atoms with Crippen molar-refractivity contribution in [1.82, 2.24) is 4.98 Å². The molecule has 0 aliphatic carbocycles. The number of phenolic OH excluding ortho intramolecular Hbond substituents is 1. The molecule has 0 fully saturated rings. The average Bonchev–Trinajstić information content (AvgIpc) is 2.79. The third-order valence-corrected chi connectivity index (χ3v) is 4.49. The molecule has 1 amide bonds. The molecule has 8 heteroatoms. The number of anilines is 1. The van der Waals surface area contributed by atoms with Crippen molar-refractivity contribution in [2.45, 2.75) is 0 Å². The number of aromatic nitrogens is 1. The molecule has 2 N–H and O–H groups in total. The number of rotatable bonds is 5. The lowest BCUT2D eigenvalue weighted by Gasteiger charge is -2.09. The minimum atomic E-state index is -0.446. The van der Waals surface area contributed by atoms with Gasteiger partial charge in [-0.1, -0.05) is 6.07 Å². The van der Waals surface area contributed by atoms with Crippen LogP contribution in [-0.4, -0.2) is 30.2 Å². The first-order valence-electron chi connectivity index (χ1n) is 9.33. The van der Waals surface area contributed by atoms with Gasteiger partial charge in [-0.3, -0.25) is 4.79 Å². The lowest BCUT2D eigenvalue weighted by atomic mass is 10.1. The van der Waals surface area contributed by atoms with Crippen molar-refractivity contribution in [3.05, 3.63) is 78.0 Å². The zero-order chi connectivity index (χ0) is 21.8. The zero-order valence-electron chi connectivity index (χ0n) is 16.8. The smallest absolute Gasteiger partial charge is 0.262 e. The van der Waals surface area contributed by atoms with Crippen molar-refractivity contribution in [2.24, 2.45) is 4.99 Å². The number of hydrogen-bond acceptors (Lipinski definition) is 7. The van der Waals surface area contributed by atoms with Crippen LogP contribution in [0.2, 0.25) is 0 Å². The maximum atomic E-state index is 13.0. The fourth-order valence-electron chi connectivity index (χ4n) is 2.97. The van der Waals surface area contributed by atoms with E-state index in [0.717, 1.165) is 0 Å². The molecule has 2 aromatic heterocycles. The molecule has 2 aromatic carbocycles. The van der Waals surface area contributed by atoms with Crippen molar-refractivity contribution in [2.75, 3.05) is 19.5 Å². The van der Waals surface area contributed by atoms with Crippen molar-refractivity contribution in [3.8, 4) is 17.2 Å². The van der Waals surface area contributed by atoms with Gasteiger partial charge in [-0.2, -0.15) is 0 Å². The first kappa shape index (κ1) is 20.0. The second-order valence-electron chi connectivity index (χ2n) is 6.51. The van der Waals surface area contributed by atoms with Gasteiger partial charge < -0.3 is 24.3 Å². The highest BCUT2D eigenvalue weighted by Gasteiger charge is 2.15. The Balaban J connectivity index is 1.91. The van der Waals surface area contributed by atoms with Gasteiger partial charge in [0.2, 0.25) is 5.55 Å². The van der Waals surface area contributed by atoms with Gasteiger partial charge in [-0.05, 0) is 42.5 Å². The van der Waals surface area contributed by atoms with Crippen LogP contribution in [-0.2, 0) is 0 Å². The van der Waals surface area contributed by atoms with E-state index in [1.54, 1.807) is 61.8 Å². The van der Waals surface area contributed by atoms with E-state index in [2.05, 4.69) is 15.3 Å². The van der Waals surface area contributed by atoms with E-state index in [1.165, 1.54) is 19.2 Å². The van der Waals surface area contributed by atoms with Gasteiger partial charge in [0, 0.05) is 23.7 Å². The summed E-state index contributed by atoms with van der Waals surface area (Å²) >= 11 is 0. The highest BCUT2D eigenvalue weighted by Crippen LogP contribution is 2.31. The average molecular weight is 417 g/mol. The number of phenols is 1. The first-order valence-corrected chi connectivity index (χ1v) is 9.33. The Hall–Kier alpha value is -4.33. The Morgan fingerprint density at radius 3 is 2.68 bits per heavy atom. The molecule has 0 bridgehead atoms. The SMILES string of the molecule is COc1ccc(OC)c(N=c2oc3cc(O)ccc3cc2C(=O)Nc2ccccn2)c1. The van der Waals surface area contributed by atoms with E-state index >= 15 is 0 Å². The zero-order valence-corrected chi connectivity index (χ0v) is 16.8. The Bertz CT molecular complexity index is 1320. The Labute approximate surface area is 177 Å². The summed E-state index contributed by atoms with van der Waals surface area (Å²) < 4.78 is 16.6. The molecular weight excluding hydrogens is 398 g/mol. The number of nitrogens with zero attached hydrogens (tertiary/aromatic N) is 2. The van der Waals surface area contributed by atoms with Crippen LogP contribution >= 0.6 is 0 Å². The van der Waals surface area contributed by atoms with Gasteiger partial charge in [-0.25, -0.2) is 9.98 Å². The number of hydrogen-bond donors (Lipinski definition) is 2. The molecular formula is C23H19N3O5. The number of amides is 1. The second kappa shape index (κ2) is 8.58. The predicted molar refractivity (Wildman–Crippen MR) is 115 cm³/mol. The maximum absolute atomic E-state index is 13.0. The van der Waals surface area contributed by atoms with Gasteiger partial charge in [0.05, 0.1) is 14.2 Å². The van der Waals surface area contributed by atoms with Gasteiger partial charge in [-0.15, -0.1) is 0 Å². The van der Waals surface area contributed by atoms with Gasteiger partial charge in [0.15, 0.2) is 0 Å². The van der Waals surface area contributed by atoms with E-state index in [1.807, 2.05) is 0 Å². The predicted octanol–water partition coefficient (Wildman–Crippen LogP) is 4.04. The molecule has 0 atom stereocenters. The lowest BCUT2D eigenvalue weighted by Crippen LogP contribution is -2.22. The molecule has 4 aromatic rings. The second-order valence-corrected chi connectivity index (χ2v) is 6.51. The van der Waals surface area contributed by atoms with E-state index < -0.39 is 5.91 Å². The standard InChI is InChI=1S/C23H19N3O5/c1-29-16-8-9-19(30-2)18(13-16)25-23-17(22(28)26-21-5-3-4-10-24-21)11-14-6-7-15(27)12-20(14)31-23/h3-13,27H,1-2H3,(H,24,26,28). The van der Waals surface area contributed by atoms with Crippen molar-refractivity contribution >= 4 is 28.4 Å². The Morgan fingerprint density at radius 2 is 1.94 bits per heavy atom. The molecule has 156 valence electrons. The quantitative estimate of drug-likeness (QED) is 0.508. The van der Waals surface area contributed by atoms with Crippen LogP contribution in [0.1, 0.15) is 10.4 Å². The summed E-state index contributed by atoms with van der Waals surface area (Å²) in [5.74, 6) is 1.02. The third-order valence-electron chi connectivity index (χ3n) is 4.49. The van der Waals surface area contributed by atoms with Crippen molar-refractivity contribution < 1.29 is 23.8 Å². The van der Waals surface area contributed by atoms with E-state index in [9.17, 15) is 9.90 Å². The van der Waals surface area contributed by atoms with E-state index in [4.69, 9.17) is 13.9 Å². The Kier molecular flexibility index (Phi) is 5.53. The molecule has 0 saturated heterocycles. The molecule has 0 aliphatic heterocycles.